The van der Waals surface area contributed by atoms with E-state index >= 15 is 0 Å². The molecule has 3 aromatic rings. The average molecular weight is 421 g/mol. The molecular weight excluding hydrogens is 404 g/mol. The monoisotopic (exact) mass is 421 g/mol. The van der Waals surface area contributed by atoms with Gasteiger partial charge in [-0.1, -0.05) is 11.8 Å². The van der Waals surface area contributed by atoms with Gasteiger partial charge >= 0.3 is 6.61 Å². The summed E-state index contributed by atoms with van der Waals surface area (Å²) in [6.07, 6.45) is 0. The van der Waals surface area contributed by atoms with Crippen molar-refractivity contribution in [3.8, 4) is 17.2 Å². The van der Waals surface area contributed by atoms with E-state index in [0.717, 1.165) is 11.8 Å². The van der Waals surface area contributed by atoms with E-state index in [1.54, 1.807) is 13.8 Å². The summed E-state index contributed by atoms with van der Waals surface area (Å²) in [4.78, 5) is 27.2. The van der Waals surface area contributed by atoms with Gasteiger partial charge in [-0.15, -0.1) is 10.2 Å². The number of nitrogens with one attached hydrogen (secondary N) is 1. The maximum Gasteiger partial charge on any atom is 0.387 e. The number of carbonyl (C=O) groups excluding carboxylic acids is 2. The number of hydrogen-bond donors (Lipinski definition) is 1. The van der Waals surface area contributed by atoms with E-state index in [4.69, 9.17) is 4.42 Å². The van der Waals surface area contributed by atoms with Gasteiger partial charge in [0.05, 0.1) is 11.4 Å². The van der Waals surface area contributed by atoms with Crippen LogP contribution < -0.4 is 4.74 Å². The third kappa shape index (κ3) is 4.70. The Kier molecular flexibility index (Phi) is 6.12. The van der Waals surface area contributed by atoms with Crippen LogP contribution in [0.1, 0.15) is 39.0 Å². The molecule has 1 N–H and O–H groups in total. The molecule has 0 fully saturated rings. The number of aryl methyl sites for hydroxylation is 1. The van der Waals surface area contributed by atoms with E-state index in [1.165, 1.54) is 31.2 Å². The number of benzene rings is 1. The fraction of sp³-hybridized carbons (Fsp3) is 0.263. The lowest BCUT2D eigenvalue weighted by Gasteiger charge is -2.03. The first-order chi connectivity index (χ1) is 13.8. The van der Waals surface area contributed by atoms with Gasteiger partial charge in [0, 0.05) is 16.8 Å². The normalized spacial score (nSPS) is 11.1. The number of rotatable bonds is 8. The van der Waals surface area contributed by atoms with E-state index in [2.05, 4.69) is 19.9 Å². The molecule has 0 aliphatic heterocycles. The van der Waals surface area contributed by atoms with Gasteiger partial charge in [-0.2, -0.15) is 8.78 Å². The molecule has 0 saturated carbocycles. The number of nitrogens with zero attached hydrogens (tertiary/aromatic N) is 2. The van der Waals surface area contributed by atoms with Crippen LogP contribution in [0.25, 0.3) is 11.5 Å². The minimum atomic E-state index is -2.90. The van der Waals surface area contributed by atoms with Crippen LogP contribution in [-0.4, -0.2) is 39.1 Å². The fourth-order valence-corrected chi connectivity index (χ4v) is 3.56. The Hall–Kier alpha value is -3.01. The molecule has 0 saturated heterocycles. The molecule has 0 aliphatic carbocycles. The van der Waals surface area contributed by atoms with Crippen LogP contribution in [0.3, 0.4) is 0 Å². The Morgan fingerprint density at radius 2 is 1.90 bits per heavy atom. The molecule has 152 valence electrons. The number of carbonyl (C=O) groups is 2. The van der Waals surface area contributed by atoms with E-state index in [9.17, 15) is 18.4 Å². The Morgan fingerprint density at radius 1 is 1.21 bits per heavy atom. The summed E-state index contributed by atoms with van der Waals surface area (Å²) in [7, 11) is 0. The minimum absolute atomic E-state index is 0.0185. The zero-order valence-electron chi connectivity index (χ0n) is 15.8. The van der Waals surface area contributed by atoms with Gasteiger partial charge in [0.25, 0.3) is 5.22 Å². The molecule has 2 aromatic heterocycles. The number of Topliss-reactive ketones (excluding diaryl/α,β-unsaturated/α-hetero) is 2. The highest BCUT2D eigenvalue weighted by Crippen LogP contribution is 2.27. The van der Waals surface area contributed by atoms with Crippen LogP contribution in [0.4, 0.5) is 8.78 Å². The van der Waals surface area contributed by atoms with Crippen molar-refractivity contribution in [2.45, 2.75) is 32.6 Å². The molecule has 0 amide bonds. The van der Waals surface area contributed by atoms with Gasteiger partial charge in [-0.3, -0.25) is 9.59 Å². The van der Waals surface area contributed by atoms with E-state index in [1.807, 2.05) is 0 Å². The molecule has 29 heavy (non-hydrogen) atoms. The molecule has 0 aliphatic rings. The number of halogens is 2. The first-order valence-corrected chi connectivity index (χ1v) is 9.49. The van der Waals surface area contributed by atoms with Crippen LogP contribution in [0.15, 0.2) is 33.9 Å². The Bertz CT molecular complexity index is 1040. The number of H-pyrrole nitrogens is 1. The number of hydrogen-bond acceptors (Lipinski definition) is 7. The van der Waals surface area contributed by atoms with Gasteiger partial charge in [0.1, 0.15) is 5.75 Å². The van der Waals surface area contributed by atoms with Crippen molar-refractivity contribution in [2.24, 2.45) is 0 Å². The second-order valence-corrected chi connectivity index (χ2v) is 7.10. The van der Waals surface area contributed by atoms with Crippen LogP contribution >= 0.6 is 11.8 Å². The molecule has 1 aromatic carbocycles. The van der Waals surface area contributed by atoms with Crippen molar-refractivity contribution in [2.75, 3.05) is 5.75 Å². The maximum absolute atomic E-state index is 12.5. The highest BCUT2D eigenvalue weighted by molar-refractivity contribution is 7.99. The summed E-state index contributed by atoms with van der Waals surface area (Å²) >= 11 is 1.06. The molecule has 3 rings (SSSR count). The largest absolute Gasteiger partial charge is 0.435 e. The second kappa shape index (κ2) is 8.56. The lowest BCUT2D eigenvalue weighted by atomic mass is 10.1. The SMILES string of the molecule is CC(=O)c1c(C)[nH]c(C(=O)CSc2nnc(-c3ccc(OC(F)F)cc3)o2)c1C. The lowest BCUT2D eigenvalue weighted by molar-refractivity contribution is -0.0498. The number of thioether (sulfide) groups is 1. The molecule has 0 radical (unpaired) electrons. The molecule has 0 bridgehead atoms. The molecule has 0 atom stereocenters. The van der Waals surface area contributed by atoms with E-state index in [-0.39, 0.29) is 34.2 Å². The number of alkyl halides is 2. The first-order valence-electron chi connectivity index (χ1n) is 8.51. The predicted octanol–water partition coefficient (Wildman–Crippen LogP) is 4.46. The summed E-state index contributed by atoms with van der Waals surface area (Å²) in [5, 5.41) is 7.97. The first kappa shape index (κ1) is 20.7. The highest BCUT2D eigenvalue weighted by atomic mass is 32.2. The van der Waals surface area contributed by atoms with Gasteiger partial charge < -0.3 is 14.1 Å². The van der Waals surface area contributed by atoms with E-state index in [0.29, 0.717) is 28.1 Å². The zero-order chi connectivity index (χ0) is 21.1. The van der Waals surface area contributed by atoms with Gasteiger partial charge in [-0.25, -0.2) is 0 Å². The average Bonchev–Trinajstić information content (AvgIpc) is 3.24. The smallest absolute Gasteiger partial charge is 0.387 e. The summed E-state index contributed by atoms with van der Waals surface area (Å²) in [5.74, 6) is -0.0499. The van der Waals surface area contributed by atoms with E-state index < -0.39 is 6.61 Å². The fourth-order valence-electron chi connectivity index (χ4n) is 2.92. The van der Waals surface area contributed by atoms with Crippen molar-refractivity contribution < 1.29 is 27.5 Å². The summed E-state index contributed by atoms with van der Waals surface area (Å²) < 4.78 is 34.2. The van der Waals surface area contributed by atoms with Crippen LogP contribution in [0, 0.1) is 13.8 Å². The second-order valence-electron chi connectivity index (χ2n) is 6.17. The summed E-state index contributed by atoms with van der Waals surface area (Å²) in [6, 6.07) is 5.76. The van der Waals surface area contributed by atoms with Crippen molar-refractivity contribution >= 4 is 23.3 Å². The van der Waals surface area contributed by atoms with Crippen LogP contribution in [-0.2, 0) is 0 Å². The number of ether oxygens (including phenoxy) is 1. The van der Waals surface area contributed by atoms with Crippen molar-refractivity contribution in [3.05, 3.63) is 46.8 Å². The van der Waals surface area contributed by atoms with Gasteiger partial charge in [0.15, 0.2) is 11.6 Å². The van der Waals surface area contributed by atoms with Crippen LogP contribution in [0.2, 0.25) is 0 Å². The minimum Gasteiger partial charge on any atom is -0.435 e. The van der Waals surface area contributed by atoms with Gasteiger partial charge in [0.2, 0.25) is 5.89 Å². The quantitative estimate of drug-likeness (QED) is 0.423. The maximum atomic E-state index is 12.5. The Morgan fingerprint density at radius 3 is 2.48 bits per heavy atom. The number of ketones is 2. The Labute approximate surface area is 168 Å². The molecule has 0 unspecified atom stereocenters. The topological polar surface area (TPSA) is 98.1 Å². The Balaban J connectivity index is 1.66. The predicted molar refractivity (Wildman–Crippen MR) is 102 cm³/mol. The number of aromatic nitrogens is 3. The summed E-state index contributed by atoms with van der Waals surface area (Å²) in [5.41, 5.74) is 2.71. The summed E-state index contributed by atoms with van der Waals surface area (Å²) in [6.45, 7) is 2.03. The van der Waals surface area contributed by atoms with Crippen molar-refractivity contribution in [3.63, 3.8) is 0 Å². The standard InChI is InChI=1S/C19H17F2N3O4S/c1-9-15(11(3)25)10(2)22-16(9)14(26)8-29-19-24-23-17(28-19)12-4-6-13(7-5-12)27-18(20)21/h4-7,18,22H,8H2,1-3H3. The molecular formula is C19H17F2N3O4S. The molecule has 2 heterocycles. The van der Waals surface area contributed by atoms with Crippen LogP contribution in [0.5, 0.6) is 5.75 Å². The van der Waals surface area contributed by atoms with Crippen molar-refractivity contribution in [1.82, 2.24) is 15.2 Å². The molecule has 10 heteroatoms. The molecule has 0 spiro atoms. The third-order valence-electron chi connectivity index (χ3n) is 4.13. The number of aromatic amines is 1. The third-order valence-corrected chi connectivity index (χ3v) is 4.95. The zero-order valence-corrected chi connectivity index (χ0v) is 16.6. The molecule has 7 nitrogen and oxygen atoms in total. The lowest BCUT2D eigenvalue weighted by Crippen LogP contribution is -2.05. The van der Waals surface area contributed by atoms with Gasteiger partial charge in [-0.05, 0) is 50.6 Å². The van der Waals surface area contributed by atoms with Crippen molar-refractivity contribution in [1.29, 1.82) is 0 Å². The highest BCUT2D eigenvalue weighted by Gasteiger charge is 2.20.